The lowest BCUT2D eigenvalue weighted by Crippen LogP contribution is -2.40. The summed E-state index contributed by atoms with van der Waals surface area (Å²) in [6, 6.07) is 6.71. The molecule has 1 fully saturated rings. The largest absolute Gasteiger partial charge is 0.382 e. The van der Waals surface area contributed by atoms with Crippen LogP contribution < -0.4 is 5.32 Å². The monoisotopic (exact) mass is 304 g/mol. The van der Waals surface area contributed by atoms with Crippen LogP contribution in [0.5, 0.6) is 0 Å². The number of aryl methyl sites for hydroxylation is 1. The van der Waals surface area contributed by atoms with Crippen molar-refractivity contribution in [1.29, 1.82) is 0 Å². The quantitative estimate of drug-likeness (QED) is 0.878. The van der Waals surface area contributed by atoms with Gasteiger partial charge in [0, 0.05) is 18.4 Å². The fraction of sp³-hybridized carbons (Fsp3) is 0.529. The Morgan fingerprint density at radius 3 is 2.95 bits per heavy atom. The van der Waals surface area contributed by atoms with E-state index in [9.17, 15) is 9.18 Å². The van der Waals surface area contributed by atoms with Gasteiger partial charge in [0.05, 0.1) is 5.71 Å². The maximum Gasteiger partial charge on any atom is 0.264 e. The number of hydrogen-bond donors (Lipinski definition) is 1. The molecule has 0 spiro atoms. The third-order valence-electron chi connectivity index (χ3n) is 4.23. The van der Waals surface area contributed by atoms with Crippen LogP contribution in [0.25, 0.3) is 0 Å². The van der Waals surface area contributed by atoms with Crippen LogP contribution in [0.2, 0.25) is 0 Å². The van der Waals surface area contributed by atoms with Crippen LogP contribution in [0.15, 0.2) is 29.4 Å². The van der Waals surface area contributed by atoms with E-state index in [1.54, 1.807) is 12.1 Å². The summed E-state index contributed by atoms with van der Waals surface area (Å²) >= 11 is 0. The molecule has 1 aliphatic carbocycles. The number of carbonyl (C=O) groups excluding carboxylic acids is 1. The van der Waals surface area contributed by atoms with Crippen molar-refractivity contribution in [2.75, 3.05) is 0 Å². The molecule has 4 nitrogen and oxygen atoms in total. The normalized spacial score (nSPS) is 21.9. The van der Waals surface area contributed by atoms with Gasteiger partial charge in [0.15, 0.2) is 0 Å². The molecule has 1 heterocycles. The molecule has 2 unspecified atom stereocenters. The first kappa shape index (κ1) is 15.0. The molecule has 5 heteroatoms. The Labute approximate surface area is 129 Å². The topological polar surface area (TPSA) is 50.7 Å². The van der Waals surface area contributed by atoms with Crippen molar-refractivity contribution < 1.29 is 14.0 Å². The fourth-order valence-corrected chi connectivity index (χ4v) is 2.68. The smallest absolute Gasteiger partial charge is 0.264 e. The number of benzene rings is 1. The van der Waals surface area contributed by atoms with Crippen molar-refractivity contribution >= 4 is 11.6 Å². The highest BCUT2D eigenvalue weighted by Crippen LogP contribution is 2.34. The first-order valence-electron chi connectivity index (χ1n) is 7.90. The number of nitrogens with zero attached hydrogens (tertiary/aromatic N) is 1. The number of hydrogen-bond acceptors (Lipinski definition) is 3. The van der Waals surface area contributed by atoms with E-state index in [4.69, 9.17) is 4.84 Å². The summed E-state index contributed by atoms with van der Waals surface area (Å²) in [5.41, 5.74) is 1.71. The zero-order valence-electron chi connectivity index (χ0n) is 12.7. The zero-order valence-corrected chi connectivity index (χ0v) is 12.7. The minimum absolute atomic E-state index is 0.0271. The third-order valence-corrected chi connectivity index (χ3v) is 4.23. The molecule has 2 atom stereocenters. The summed E-state index contributed by atoms with van der Waals surface area (Å²) in [7, 11) is 0. The lowest BCUT2D eigenvalue weighted by Gasteiger charge is -2.16. The van der Waals surface area contributed by atoms with Crippen molar-refractivity contribution in [3.63, 3.8) is 0 Å². The zero-order chi connectivity index (χ0) is 15.5. The minimum Gasteiger partial charge on any atom is -0.382 e. The molecular formula is C17H21FN2O2. The Hall–Kier alpha value is -1.91. The molecule has 22 heavy (non-hydrogen) atoms. The van der Waals surface area contributed by atoms with Gasteiger partial charge in [-0.3, -0.25) is 4.79 Å². The Bertz CT molecular complexity index is 584. The average molecular weight is 304 g/mol. The molecule has 1 aromatic carbocycles. The molecule has 1 N–H and O–H groups in total. The summed E-state index contributed by atoms with van der Waals surface area (Å²) in [6.07, 6.45) is 3.73. The molecule has 0 saturated heterocycles. The van der Waals surface area contributed by atoms with E-state index in [0.29, 0.717) is 30.7 Å². The van der Waals surface area contributed by atoms with Crippen LogP contribution >= 0.6 is 0 Å². The first-order valence-corrected chi connectivity index (χ1v) is 7.90. The van der Waals surface area contributed by atoms with Gasteiger partial charge in [-0.15, -0.1) is 0 Å². The van der Waals surface area contributed by atoms with E-state index in [0.717, 1.165) is 18.6 Å². The maximum absolute atomic E-state index is 13.6. The van der Waals surface area contributed by atoms with Crippen molar-refractivity contribution in [1.82, 2.24) is 5.32 Å². The van der Waals surface area contributed by atoms with E-state index in [2.05, 4.69) is 10.5 Å². The van der Waals surface area contributed by atoms with Gasteiger partial charge in [0.25, 0.3) is 5.91 Å². The van der Waals surface area contributed by atoms with Gasteiger partial charge in [-0.05, 0) is 44.2 Å². The van der Waals surface area contributed by atoms with Crippen LogP contribution in [-0.2, 0) is 16.1 Å². The summed E-state index contributed by atoms with van der Waals surface area (Å²) in [4.78, 5) is 17.4. The number of amides is 1. The molecule has 0 aromatic heterocycles. The van der Waals surface area contributed by atoms with Gasteiger partial charge in [0.2, 0.25) is 6.10 Å². The standard InChI is InChI=1S/C17H21FN2O2/c1-11(6-7-12-4-2-3-5-14(12)18)19-17(21)16-10-15(20-22-16)13-8-9-13/h2-5,11,13,16H,6-10H2,1H3,(H,19,21). The van der Waals surface area contributed by atoms with Crippen molar-refractivity contribution in [3.05, 3.63) is 35.6 Å². The molecule has 0 bridgehead atoms. The van der Waals surface area contributed by atoms with Crippen LogP contribution in [0, 0.1) is 11.7 Å². The second-order valence-electron chi connectivity index (χ2n) is 6.19. The van der Waals surface area contributed by atoms with Crippen molar-refractivity contribution in [2.24, 2.45) is 11.1 Å². The predicted molar refractivity (Wildman–Crippen MR) is 82.0 cm³/mol. The van der Waals surface area contributed by atoms with E-state index in [-0.39, 0.29) is 17.8 Å². The maximum atomic E-state index is 13.6. The summed E-state index contributed by atoms with van der Waals surface area (Å²) < 4.78 is 13.6. The highest BCUT2D eigenvalue weighted by atomic mass is 19.1. The third kappa shape index (κ3) is 3.64. The Morgan fingerprint density at radius 1 is 1.45 bits per heavy atom. The lowest BCUT2D eigenvalue weighted by atomic mass is 10.0. The first-order chi connectivity index (χ1) is 10.6. The second kappa shape index (κ2) is 6.46. The van der Waals surface area contributed by atoms with E-state index in [1.807, 2.05) is 13.0 Å². The molecule has 1 amide bonds. The van der Waals surface area contributed by atoms with E-state index in [1.165, 1.54) is 6.07 Å². The van der Waals surface area contributed by atoms with Gasteiger partial charge < -0.3 is 10.2 Å². The van der Waals surface area contributed by atoms with Gasteiger partial charge >= 0.3 is 0 Å². The molecule has 2 aliphatic rings. The number of oxime groups is 1. The predicted octanol–water partition coefficient (Wildman–Crippen LogP) is 2.82. The molecule has 0 radical (unpaired) electrons. The summed E-state index contributed by atoms with van der Waals surface area (Å²) in [5, 5.41) is 6.95. The van der Waals surface area contributed by atoms with Gasteiger partial charge in [-0.2, -0.15) is 0 Å². The fourth-order valence-electron chi connectivity index (χ4n) is 2.68. The highest BCUT2D eigenvalue weighted by Gasteiger charge is 2.36. The number of rotatable bonds is 6. The van der Waals surface area contributed by atoms with Gasteiger partial charge in [0.1, 0.15) is 5.82 Å². The molecule has 1 aliphatic heterocycles. The SMILES string of the molecule is CC(CCc1ccccc1F)NC(=O)C1CC(C2CC2)=NO1. The van der Waals surface area contributed by atoms with Crippen molar-refractivity contribution in [2.45, 2.75) is 51.2 Å². The molecule has 118 valence electrons. The minimum atomic E-state index is -0.494. The molecule has 1 aromatic rings. The number of nitrogens with one attached hydrogen (secondary N) is 1. The van der Waals surface area contributed by atoms with Gasteiger partial charge in [-0.25, -0.2) is 4.39 Å². The average Bonchev–Trinajstić information content (AvgIpc) is 3.23. The Balaban J connectivity index is 1.43. The van der Waals surface area contributed by atoms with Crippen LogP contribution in [-0.4, -0.2) is 23.8 Å². The lowest BCUT2D eigenvalue weighted by molar-refractivity contribution is -0.131. The van der Waals surface area contributed by atoms with Crippen molar-refractivity contribution in [3.8, 4) is 0 Å². The Kier molecular flexibility index (Phi) is 4.41. The highest BCUT2D eigenvalue weighted by molar-refractivity contribution is 5.95. The Morgan fingerprint density at radius 2 is 2.23 bits per heavy atom. The van der Waals surface area contributed by atoms with Crippen LogP contribution in [0.4, 0.5) is 4.39 Å². The van der Waals surface area contributed by atoms with Crippen LogP contribution in [0.1, 0.15) is 38.2 Å². The summed E-state index contributed by atoms with van der Waals surface area (Å²) in [6.45, 7) is 1.93. The number of carbonyl (C=O) groups is 1. The van der Waals surface area contributed by atoms with E-state index >= 15 is 0 Å². The summed E-state index contributed by atoms with van der Waals surface area (Å²) in [5.74, 6) is 0.222. The molecular weight excluding hydrogens is 283 g/mol. The van der Waals surface area contributed by atoms with Gasteiger partial charge in [-0.1, -0.05) is 23.4 Å². The molecule has 3 rings (SSSR count). The van der Waals surface area contributed by atoms with E-state index < -0.39 is 6.10 Å². The van der Waals surface area contributed by atoms with Crippen LogP contribution in [0.3, 0.4) is 0 Å². The second-order valence-corrected chi connectivity index (χ2v) is 6.19. The molecule has 1 saturated carbocycles. The number of halogens is 1.